The molecular formula is C14H14O2. The van der Waals surface area contributed by atoms with Crippen LogP contribution < -0.4 is 0 Å². The fourth-order valence-electron chi connectivity index (χ4n) is 2.13. The molecule has 16 heavy (non-hydrogen) atoms. The van der Waals surface area contributed by atoms with Crippen molar-refractivity contribution in [3.8, 4) is 0 Å². The SMILES string of the molecule is C[C@@H]1CO[C@@H](c2cccc3ccccc23)O1. The van der Waals surface area contributed by atoms with Crippen molar-refractivity contribution in [1.82, 2.24) is 0 Å². The van der Waals surface area contributed by atoms with Crippen molar-refractivity contribution < 1.29 is 9.47 Å². The minimum absolute atomic E-state index is 0.184. The van der Waals surface area contributed by atoms with Gasteiger partial charge in [0, 0.05) is 5.56 Å². The quantitative estimate of drug-likeness (QED) is 0.725. The second kappa shape index (κ2) is 3.89. The molecule has 2 heteroatoms. The maximum Gasteiger partial charge on any atom is 0.184 e. The zero-order valence-electron chi connectivity index (χ0n) is 9.22. The Hall–Kier alpha value is -1.38. The van der Waals surface area contributed by atoms with Crippen LogP contribution in [0.15, 0.2) is 42.5 Å². The summed E-state index contributed by atoms with van der Waals surface area (Å²) in [7, 11) is 0. The normalized spacial score (nSPS) is 25.1. The highest BCUT2D eigenvalue weighted by Gasteiger charge is 2.25. The minimum Gasteiger partial charge on any atom is -0.346 e. The van der Waals surface area contributed by atoms with Crippen LogP contribution >= 0.6 is 0 Å². The minimum atomic E-state index is -0.207. The van der Waals surface area contributed by atoms with E-state index < -0.39 is 0 Å². The Morgan fingerprint density at radius 1 is 1.06 bits per heavy atom. The van der Waals surface area contributed by atoms with Crippen LogP contribution in [0.1, 0.15) is 18.8 Å². The number of ether oxygens (including phenoxy) is 2. The molecule has 1 aliphatic heterocycles. The highest BCUT2D eigenvalue weighted by atomic mass is 16.7. The second-order valence-corrected chi connectivity index (χ2v) is 4.18. The number of hydrogen-bond donors (Lipinski definition) is 0. The summed E-state index contributed by atoms with van der Waals surface area (Å²) in [5, 5.41) is 2.44. The molecule has 0 radical (unpaired) electrons. The summed E-state index contributed by atoms with van der Waals surface area (Å²) in [6, 6.07) is 14.5. The first-order chi connectivity index (χ1) is 7.84. The summed E-state index contributed by atoms with van der Waals surface area (Å²) in [6.45, 7) is 2.71. The molecule has 0 aromatic heterocycles. The number of hydrogen-bond acceptors (Lipinski definition) is 2. The molecular weight excluding hydrogens is 200 g/mol. The molecule has 82 valence electrons. The van der Waals surface area contributed by atoms with E-state index >= 15 is 0 Å². The molecule has 1 heterocycles. The van der Waals surface area contributed by atoms with Gasteiger partial charge in [-0.2, -0.15) is 0 Å². The Morgan fingerprint density at radius 3 is 2.69 bits per heavy atom. The maximum atomic E-state index is 5.73. The summed E-state index contributed by atoms with van der Waals surface area (Å²) in [5.74, 6) is 0. The molecule has 3 rings (SSSR count). The van der Waals surface area contributed by atoms with Crippen molar-refractivity contribution in [3.05, 3.63) is 48.0 Å². The van der Waals surface area contributed by atoms with Crippen LogP contribution in [-0.2, 0) is 9.47 Å². The molecule has 0 saturated carbocycles. The highest BCUT2D eigenvalue weighted by Crippen LogP contribution is 2.31. The van der Waals surface area contributed by atoms with Crippen LogP contribution in [0.25, 0.3) is 10.8 Å². The molecule has 0 amide bonds. The van der Waals surface area contributed by atoms with E-state index in [0.717, 1.165) is 5.56 Å². The number of benzene rings is 2. The van der Waals surface area contributed by atoms with Gasteiger partial charge in [-0.15, -0.1) is 0 Å². The van der Waals surface area contributed by atoms with E-state index in [0.29, 0.717) is 6.61 Å². The van der Waals surface area contributed by atoms with Crippen LogP contribution in [0.4, 0.5) is 0 Å². The standard InChI is InChI=1S/C14H14O2/c1-10-9-15-14(16-10)13-8-4-6-11-5-2-3-7-12(11)13/h2-8,10,14H,9H2,1H3/t10-,14-/m1/s1. The van der Waals surface area contributed by atoms with E-state index in [9.17, 15) is 0 Å². The molecule has 2 aromatic rings. The summed E-state index contributed by atoms with van der Waals surface area (Å²) in [6.07, 6.45) is -0.0231. The van der Waals surface area contributed by atoms with Crippen molar-refractivity contribution in [3.63, 3.8) is 0 Å². The average Bonchev–Trinajstić information content (AvgIpc) is 2.75. The van der Waals surface area contributed by atoms with Crippen molar-refractivity contribution in [1.29, 1.82) is 0 Å². The largest absolute Gasteiger partial charge is 0.346 e. The Morgan fingerprint density at radius 2 is 1.88 bits per heavy atom. The van der Waals surface area contributed by atoms with Gasteiger partial charge in [-0.3, -0.25) is 0 Å². The van der Waals surface area contributed by atoms with E-state index in [4.69, 9.17) is 9.47 Å². The monoisotopic (exact) mass is 214 g/mol. The molecule has 2 aromatic carbocycles. The van der Waals surface area contributed by atoms with Gasteiger partial charge in [0.1, 0.15) is 0 Å². The molecule has 0 unspecified atom stereocenters. The van der Waals surface area contributed by atoms with Crippen LogP contribution in [0.5, 0.6) is 0 Å². The van der Waals surface area contributed by atoms with Gasteiger partial charge in [0.15, 0.2) is 6.29 Å². The van der Waals surface area contributed by atoms with Gasteiger partial charge in [-0.05, 0) is 17.7 Å². The van der Waals surface area contributed by atoms with E-state index in [1.807, 2.05) is 25.1 Å². The van der Waals surface area contributed by atoms with Crippen molar-refractivity contribution in [2.45, 2.75) is 19.3 Å². The van der Waals surface area contributed by atoms with Gasteiger partial charge in [0.05, 0.1) is 12.7 Å². The molecule has 0 N–H and O–H groups in total. The Labute approximate surface area is 94.8 Å². The predicted octanol–water partition coefficient (Wildman–Crippen LogP) is 3.27. The lowest BCUT2D eigenvalue weighted by molar-refractivity contribution is -0.0561. The third-order valence-electron chi connectivity index (χ3n) is 2.92. The van der Waals surface area contributed by atoms with Gasteiger partial charge in [0.25, 0.3) is 0 Å². The fraction of sp³-hybridized carbons (Fsp3) is 0.286. The molecule has 0 bridgehead atoms. The molecule has 1 aliphatic rings. The third kappa shape index (κ3) is 1.60. The van der Waals surface area contributed by atoms with Crippen molar-refractivity contribution >= 4 is 10.8 Å². The summed E-state index contributed by atoms with van der Waals surface area (Å²) < 4.78 is 11.4. The molecule has 2 atom stereocenters. The van der Waals surface area contributed by atoms with Crippen LogP contribution in [-0.4, -0.2) is 12.7 Å². The van der Waals surface area contributed by atoms with E-state index in [1.54, 1.807) is 0 Å². The first-order valence-electron chi connectivity index (χ1n) is 5.59. The first-order valence-corrected chi connectivity index (χ1v) is 5.59. The van der Waals surface area contributed by atoms with Gasteiger partial charge in [0.2, 0.25) is 0 Å². The lowest BCUT2D eigenvalue weighted by atomic mass is 10.0. The lowest BCUT2D eigenvalue weighted by Crippen LogP contribution is -2.03. The van der Waals surface area contributed by atoms with Gasteiger partial charge < -0.3 is 9.47 Å². The number of rotatable bonds is 1. The summed E-state index contributed by atoms with van der Waals surface area (Å²) in [5.41, 5.74) is 1.13. The Bertz CT molecular complexity index is 502. The molecule has 0 spiro atoms. The Kier molecular flexibility index (Phi) is 2.39. The van der Waals surface area contributed by atoms with Gasteiger partial charge in [-0.1, -0.05) is 42.5 Å². The van der Waals surface area contributed by atoms with Crippen LogP contribution in [0, 0.1) is 0 Å². The van der Waals surface area contributed by atoms with E-state index in [-0.39, 0.29) is 12.4 Å². The maximum absolute atomic E-state index is 5.73. The fourth-order valence-corrected chi connectivity index (χ4v) is 2.13. The lowest BCUT2D eigenvalue weighted by Gasteiger charge is -2.12. The molecule has 2 nitrogen and oxygen atoms in total. The van der Waals surface area contributed by atoms with Crippen molar-refractivity contribution in [2.75, 3.05) is 6.61 Å². The smallest absolute Gasteiger partial charge is 0.184 e. The number of fused-ring (bicyclic) bond motifs is 1. The van der Waals surface area contributed by atoms with Gasteiger partial charge >= 0.3 is 0 Å². The molecule has 0 aliphatic carbocycles. The summed E-state index contributed by atoms with van der Waals surface area (Å²) in [4.78, 5) is 0. The zero-order valence-corrected chi connectivity index (χ0v) is 9.22. The van der Waals surface area contributed by atoms with Crippen molar-refractivity contribution in [2.24, 2.45) is 0 Å². The predicted molar refractivity (Wildman–Crippen MR) is 63.2 cm³/mol. The Balaban J connectivity index is 2.09. The van der Waals surface area contributed by atoms with E-state index in [1.165, 1.54) is 10.8 Å². The zero-order chi connectivity index (χ0) is 11.0. The third-order valence-corrected chi connectivity index (χ3v) is 2.92. The highest BCUT2D eigenvalue weighted by molar-refractivity contribution is 5.85. The molecule has 1 fully saturated rings. The molecule has 1 saturated heterocycles. The van der Waals surface area contributed by atoms with Gasteiger partial charge in [-0.25, -0.2) is 0 Å². The topological polar surface area (TPSA) is 18.5 Å². The second-order valence-electron chi connectivity index (χ2n) is 4.18. The van der Waals surface area contributed by atoms with Crippen LogP contribution in [0.2, 0.25) is 0 Å². The van der Waals surface area contributed by atoms with Crippen LogP contribution in [0.3, 0.4) is 0 Å². The van der Waals surface area contributed by atoms with E-state index in [2.05, 4.69) is 24.3 Å². The first kappa shape index (κ1) is 9.82. The summed E-state index contributed by atoms with van der Waals surface area (Å²) >= 11 is 0. The average molecular weight is 214 g/mol.